The summed E-state index contributed by atoms with van der Waals surface area (Å²) in [6.07, 6.45) is 3.63. The van der Waals surface area contributed by atoms with Crippen molar-refractivity contribution in [3.8, 4) is 0 Å². The molecule has 1 heterocycles. The average molecular weight is 218 g/mol. The van der Waals surface area contributed by atoms with Crippen molar-refractivity contribution in [1.82, 2.24) is 4.68 Å². The molecule has 0 aliphatic rings. The van der Waals surface area contributed by atoms with Crippen molar-refractivity contribution in [1.29, 1.82) is 0 Å². The zero-order valence-electron chi connectivity index (χ0n) is 8.33. The van der Waals surface area contributed by atoms with Crippen LogP contribution >= 0.6 is 0 Å². The monoisotopic (exact) mass is 218 g/mol. The van der Waals surface area contributed by atoms with E-state index in [0.717, 1.165) is 0 Å². The van der Waals surface area contributed by atoms with E-state index in [9.17, 15) is 10.1 Å². The number of aromatic nitrogens is 1. The number of nitrogen functional groups attached to an aromatic ring is 1. The van der Waals surface area contributed by atoms with Crippen LogP contribution in [0.3, 0.4) is 0 Å². The Hall–Kier alpha value is -2.50. The number of anilines is 2. The first kappa shape index (κ1) is 10.0. The Balaban J connectivity index is 2.24. The van der Waals surface area contributed by atoms with Crippen LogP contribution in [0.25, 0.3) is 0 Å². The molecule has 0 saturated heterocycles. The van der Waals surface area contributed by atoms with Gasteiger partial charge in [-0.3, -0.25) is 20.2 Å². The third-order valence-corrected chi connectivity index (χ3v) is 2.09. The van der Waals surface area contributed by atoms with E-state index >= 15 is 0 Å². The van der Waals surface area contributed by atoms with Gasteiger partial charge in [0, 0.05) is 18.5 Å². The molecule has 6 nitrogen and oxygen atoms in total. The molecule has 0 bridgehead atoms. The number of rotatable bonds is 3. The topological polar surface area (TPSA) is 86.1 Å². The van der Waals surface area contributed by atoms with Gasteiger partial charge in [-0.2, -0.15) is 0 Å². The van der Waals surface area contributed by atoms with Gasteiger partial charge in [-0.05, 0) is 24.3 Å². The summed E-state index contributed by atoms with van der Waals surface area (Å²) in [6, 6.07) is 8.23. The predicted molar refractivity (Wildman–Crippen MR) is 61.0 cm³/mol. The van der Waals surface area contributed by atoms with Crippen molar-refractivity contribution in [2.45, 2.75) is 0 Å². The van der Waals surface area contributed by atoms with Crippen LogP contribution in [0.5, 0.6) is 0 Å². The third kappa shape index (κ3) is 1.95. The molecule has 2 aromatic rings. The largest absolute Gasteiger partial charge is 0.393 e. The highest BCUT2D eigenvalue weighted by Crippen LogP contribution is 2.24. The number of nitrogens with zero attached hydrogens (tertiary/aromatic N) is 2. The SMILES string of the molecule is Nc1cc(Nn2cccc2)ccc1[N+](=O)[O-]. The Morgan fingerprint density at radius 2 is 2.00 bits per heavy atom. The van der Waals surface area contributed by atoms with Crippen molar-refractivity contribution in [3.05, 3.63) is 52.8 Å². The average Bonchev–Trinajstić information content (AvgIpc) is 2.70. The molecule has 16 heavy (non-hydrogen) atoms. The zero-order valence-corrected chi connectivity index (χ0v) is 8.33. The van der Waals surface area contributed by atoms with Gasteiger partial charge >= 0.3 is 0 Å². The lowest BCUT2D eigenvalue weighted by Crippen LogP contribution is -2.06. The molecule has 3 N–H and O–H groups in total. The lowest BCUT2D eigenvalue weighted by Gasteiger charge is -2.07. The van der Waals surface area contributed by atoms with Gasteiger partial charge in [0.25, 0.3) is 5.69 Å². The highest BCUT2D eigenvalue weighted by Gasteiger charge is 2.10. The van der Waals surface area contributed by atoms with Crippen LogP contribution < -0.4 is 11.2 Å². The molecule has 0 spiro atoms. The minimum absolute atomic E-state index is 0.0851. The van der Waals surface area contributed by atoms with Gasteiger partial charge < -0.3 is 5.73 Å². The molecule has 0 aliphatic heterocycles. The van der Waals surface area contributed by atoms with Crippen LogP contribution in [0.1, 0.15) is 0 Å². The summed E-state index contributed by atoms with van der Waals surface area (Å²) in [5, 5.41) is 10.5. The van der Waals surface area contributed by atoms with Crippen molar-refractivity contribution >= 4 is 17.1 Å². The van der Waals surface area contributed by atoms with Crippen molar-refractivity contribution < 1.29 is 4.92 Å². The summed E-state index contributed by atoms with van der Waals surface area (Å²) in [6.45, 7) is 0. The molecule has 0 unspecified atom stereocenters. The first-order valence-corrected chi connectivity index (χ1v) is 4.61. The molecule has 0 atom stereocenters. The summed E-state index contributed by atoms with van der Waals surface area (Å²) < 4.78 is 1.72. The highest BCUT2D eigenvalue weighted by atomic mass is 16.6. The van der Waals surface area contributed by atoms with E-state index in [4.69, 9.17) is 5.73 Å². The third-order valence-electron chi connectivity index (χ3n) is 2.09. The second kappa shape index (κ2) is 3.93. The maximum absolute atomic E-state index is 10.5. The molecule has 6 heteroatoms. The molecule has 0 aliphatic carbocycles. The maximum atomic E-state index is 10.5. The number of hydrogen-bond acceptors (Lipinski definition) is 4. The van der Waals surface area contributed by atoms with E-state index in [1.54, 1.807) is 10.7 Å². The Kier molecular flexibility index (Phi) is 2.47. The van der Waals surface area contributed by atoms with Crippen LogP contribution in [0, 0.1) is 10.1 Å². The summed E-state index contributed by atoms with van der Waals surface area (Å²) in [5.74, 6) is 0. The first-order chi connectivity index (χ1) is 7.66. The standard InChI is InChI=1S/C10H10N4O2/c11-9-7-8(3-4-10(9)14(15)16)12-13-5-1-2-6-13/h1-7,12H,11H2. The van der Waals surface area contributed by atoms with Crippen molar-refractivity contribution in [2.24, 2.45) is 0 Å². The number of nitro benzene ring substituents is 1. The number of benzene rings is 1. The first-order valence-electron chi connectivity index (χ1n) is 4.61. The van der Waals surface area contributed by atoms with Crippen molar-refractivity contribution in [2.75, 3.05) is 11.2 Å². The van der Waals surface area contributed by atoms with Crippen LogP contribution in [-0.4, -0.2) is 9.60 Å². The second-order valence-electron chi connectivity index (χ2n) is 3.23. The van der Waals surface area contributed by atoms with Gasteiger partial charge in [-0.25, -0.2) is 0 Å². The molecular formula is C10H10N4O2. The summed E-state index contributed by atoms with van der Waals surface area (Å²) in [7, 11) is 0. The Bertz CT molecular complexity index is 508. The molecule has 0 saturated carbocycles. The van der Waals surface area contributed by atoms with E-state index in [0.29, 0.717) is 5.69 Å². The predicted octanol–water partition coefficient (Wildman–Crippen LogP) is 1.85. The van der Waals surface area contributed by atoms with Crippen LogP contribution in [-0.2, 0) is 0 Å². The van der Waals surface area contributed by atoms with Gasteiger partial charge in [-0.15, -0.1) is 0 Å². The smallest absolute Gasteiger partial charge is 0.292 e. The Morgan fingerprint density at radius 3 is 2.56 bits per heavy atom. The molecule has 0 amide bonds. The molecule has 82 valence electrons. The summed E-state index contributed by atoms with van der Waals surface area (Å²) in [5.41, 5.74) is 9.31. The fourth-order valence-electron chi connectivity index (χ4n) is 1.35. The van der Waals surface area contributed by atoms with E-state index < -0.39 is 4.92 Å². The van der Waals surface area contributed by atoms with Gasteiger partial charge in [0.2, 0.25) is 0 Å². The Morgan fingerprint density at radius 1 is 1.31 bits per heavy atom. The highest BCUT2D eigenvalue weighted by molar-refractivity contribution is 5.65. The second-order valence-corrected chi connectivity index (χ2v) is 3.23. The van der Waals surface area contributed by atoms with Gasteiger partial charge in [0.05, 0.1) is 10.6 Å². The summed E-state index contributed by atoms with van der Waals surface area (Å²) >= 11 is 0. The Labute approximate surface area is 91.4 Å². The lowest BCUT2D eigenvalue weighted by atomic mass is 10.2. The number of nitrogens with two attached hydrogens (primary N) is 1. The van der Waals surface area contributed by atoms with Crippen molar-refractivity contribution in [3.63, 3.8) is 0 Å². The fraction of sp³-hybridized carbons (Fsp3) is 0. The summed E-state index contributed by atoms with van der Waals surface area (Å²) in [4.78, 5) is 10.0. The molecule has 1 aromatic carbocycles. The lowest BCUT2D eigenvalue weighted by molar-refractivity contribution is -0.383. The molecule has 2 rings (SSSR count). The maximum Gasteiger partial charge on any atom is 0.292 e. The number of hydrogen-bond donors (Lipinski definition) is 2. The molecule has 1 aromatic heterocycles. The molecule has 0 fully saturated rings. The molecule has 0 radical (unpaired) electrons. The van der Waals surface area contributed by atoms with E-state index in [1.807, 2.05) is 24.5 Å². The van der Waals surface area contributed by atoms with E-state index in [1.165, 1.54) is 12.1 Å². The van der Waals surface area contributed by atoms with Crippen LogP contribution in [0.15, 0.2) is 42.7 Å². The van der Waals surface area contributed by atoms with Crippen LogP contribution in [0.4, 0.5) is 17.1 Å². The molecular weight excluding hydrogens is 208 g/mol. The number of nitro groups is 1. The zero-order chi connectivity index (χ0) is 11.5. The quantitative estimate of drug-likeness (QED) is 0.467. The fourth-order valence-corrected chi connectivity index (χ4v) is 1.35. The number of nitrogens with one attached hydrogen (secondary N) is 1. The normalized spacial score (nSPS) is 10.0. The van der Waals surface area contributed by atoms with Gasteiger partial charge in [0.15, 0.2) is 0 Å². The van der Waals surface area contributed by atoms with E-state index in [2.05, 4.69) is 5.43 Å². The van der Waals surface area contributed by atoms with Gasteiger partial charge in [0.1, 0.15) is 5.69 Å². The van der Waals surface area contributed by atoms with E-state index in [-0.39, 0.29) is 11.4 Å². The van der Waals surface area contributed by atoms with Gasteiger partial charge in [-0.1, -0.05) is 0 Å². The minimum Gasteiger partial charge on any atom is -0.393 e. The van der Waals surface area contributed by atoms with Crippen LogP contribution in [0.2, 0.25) is 0 Å². The minimum atomic E-state index is -0.505.